The van der Waals surface area contributed by atoms with Gasteiger partial charge >= 0.3 is 6.18 Å². The van der Waals surface area contributed by atoms with Gasteiger partial charge < -0.3 is 16.0 Å². The maximum atomic E-state index is 12.0. The van der Waals surface area contributed by atoms with Gasteiger partial charge in [0.05, 0.1) is 6.54 Å². The lowest BCUT2D eigenvalue weighted by molar-refractivity contribution is -0.139. The van der Waals surface area contributed by atoms with Gasteiger partial charge in [0.25, 0.3) is 0 Å². The van der Waals surface area contributed by atoms with Crippen LogP contribution in [0.25, 0.3) is 0 Å². The van der Waals surface area contributed by atoms with Crippen LogP contribution in [0, 0.1) is 0 Å². The Morgan fingerprint density at radius 1 is 1.10 bits per heavy atom. The Morgan fingerprint density at radius 2 is 1.76 bits per heavy atom. The summed E-state index contributed by atoms with van der Waals surface area (Å²) in [7, 11) is 0. The van der Waals surface area contributed by atoms with E-state index in [-0.39, 0.29) is 6.54 Å². The molecule has 0 saturated carbocycles. The van der Waals surface area contributed by atoms with Crippen molar-refractivity contribution in [2.45, 2.75) is 25.4 Å². The molecular weight excluding hydrogens is 285 g/mol. The lowest BCUT2D eigenvalue weighted by Crippen LogP contribution is -2.42. The van der Waals surface area contributed by atoms with E-state index in [9.17, 15) is 18.0 Å². The predicted molar refractivity (Wildman–Crippen MR) is 74.9 cm³/mol. The van der Waals surface area contributed by atoms with E-state index in [2.05, 4.69) is 4.90 Å². The third-order valence-corrected chi connectivity index (χ3v) is 3.46. The highest BCUT2D eigenvalue weighted by Gasteiger charge is 2.28. The number of carbonyl (C=O) groups is 1. The van der Waals surface area contributed by atoms with E-state index in [1.165, 1.54) is 0 Å². The number of amides is 1. The highest BCUT2D eigenvalue weighted by Crippen LogP contribution is 2.12. The first-order chi connectivity index (χ1) is 9.90. The maximum absolute atomic E-state index is 12.0. The fraction of sp³-hybridized carbons (Fsp3) is 0.923. The van der Waals surface area contributed by atoms with Gasteiger partial charge in [-0.1, -0.05) is 0 Å². The highest BCUT2D eigenvalue weighted by atomic mass is 19.4. The lowest BCUT2D eigenvalue weighted by Gasteiger charge is -2.21. The molecule has 0 bridgehead atoms. The average Bonchev–Trinajstić information content (AvgIpc) is 2.62. The topological polar surface area (TPSA) is 61.6 Å². The van der Waals surface area contributed by atoms with Crippen molar-refractivity contribution < 1.29 is 18.0 Å². The van der Waals surface area contributed by atoms with Gasteiger partial charge in [0, 0.05) is 13.1 Å². The molecule has 0 aromatic rings. The summed E-state index contributed by atoms with van der Waals surface area (Å²) < 4.78 is 36.0. The molecule has 124 valence electrons. The third kappa shape index (κ3) is 8.90. The van der Waals surface area contributed by atoms with E-state index in [0.29, 0.717) is 13.1 Å². The number of unbranched alkanes of at least 4 members (excludes halogenated alkanes) is 1. The zero-order chi connectivity index (χ0) is 15.7. The van der Waals surface area contributed by atoms with Crippen molar-refractivity contribution in [3.8, 4) is 0 Å². The van der Waals surface area contributed by atoms with Crippen LogP contribution in [0.4, 0.5) is 13.2 Å². The zero-order valence-electron chi connectivity index (χ0n) is 12.3. The molecule has 1 fully saturated rings. The first-order valence-electron chi connectivity index (χ1n) is 7.39. The van der Waals surface area contributed by atoms with Gasteiger partial charge in [0.1, 0.15) is 6.54 Å². The number of nitrogens with zero attached hydrogens (tertiary/aromatic N) is 2. The minimum atomic E-state index is -4.35. The molecule has 0 aromatic carbocycles. The van der Waals surface area contributed by atoms with Crippen molar-refractivity contribution in [3.05, 3.63) is 0 Å². The fourth-order valence-corrected chi connectivity index (χ4v) is 2.34. The molecule has 0 aliphatic carbocycles. The van der Waals surface area contributed by atoms with Crippen LogP contribution in [0.1, 0.15) is 19.3 Å². The minimum absolute atomic E-state index is 0.0344. The number of alkyl halides is 3. The van der Waals surface area contributed by atoms with E-state index < -0.39 is 18.6 Å². The standard InChI is InChI=1S/C13H25F3N4O/c14-13(15,16)11-18-12(21)10-20-7-3-6-19(8-9-20)5-2-1-4-17/h1-11,17H2,(H,18,21). The Labute approximate surface area is 123 Å². The molecule has 1 heterocycles. The van der Waals surface area contributed by atoms with E-state index in [1.54, 1.807) is 0 Å². The molecule has 5 nitrogen and oxygen atoms in total. The van der Waals surface area contributed by atoms with Gasteiger partial charge in [-0.25, -0.2) is 0 Å². The van der Waals surface area contributed by atoms with Gasteiger partial charge in [0.2, 0.25) is 5.91 Å². The Bertz CT molecular complexity index is 312. The second-order valence-electron chi connectivity index (χ2n) is 5.36. The molecule has 0 radical (unpaired) electrons. The van der Waals surface area contributed by atoms with Crippen molar-refractivity contribution in [2.75, 3.05) is 52.4 Å². The molecule has 1 rings (SSSR count). The molecule has 1 aliphatic rings. The molecule has 3 N–H and O–H groups in total. The molecule has 1 aliphatic heterocycles. The van der Waals surface area contributed by atoms with E-state index in [4.69, 9.17) is 5.73 Å². The molecule has 0 atom stereocenters. The van der Waals surface area contributed by atoms with Crippen LogP contribution < -0.4 is 11.1 Å². The monoisotopic (exact) mass is 310 g/mol. The van der Waals surface area contributed by atoms with Crippen LogP contribution in [0.15, 0.2) is 0 Å². The van der Waals surface area contributed by atoms with E-state index >= 15 is 0 Å². The van der Waals surface area contributed by atoms with Gasteiger partial charge in [-0.05, 0) is 45.4 Å². The molecular formula is C13H25F3N4O. The average molecular weight is 310 g/mol. The number of rotatable bonds is 7. The molecule has 8 heteroatoms. The quantitative estimate of drug-likeness (QED) is 0.669. The maximum Gasteiger partial charge on any atom is 0.405 e. The van der Waals surface area contributed by atoms with Crippen LogP contribution in [-0.4, -0.2) is 74.2 Å². The van der Waals surface area contributed by atoms with Crippen molar-refractivity contribution in [1.29, 1.82) is 0 Å². The number of hydrogen-bond acceptors (Lipinski definition) is 4. The zero-order valence-corrected chi connectivity index (χ0v) is 12.3. The summed E-state index contributed by atoms with van der Waals surface area (Å²) in [6.07, 6.45) is -1.37. The predicted octanol–water partition coefficient (Wildman–Crippen LogP) is 0.412. The Kier molecular flexibility index (Phi) is 7.98. The largest absolute Gasteiger partial charge is 0.405 e. The number of nitrogens with one attached hydrogen (secondary N) is 1. The number of nitrogens with two attached hydrogens (primary N) is 1. The highest BCUT2D eigenvalue weighted by molar-refractivity contribution is 5.78. The van der Waals surface area contributed by atoms with Crippen molar-refractivity contribution >= 4 is 5.91 Å². The Hall–Kier alpha value is -0.860. The summed E-state index contributed by atoms with van der Waals surface area (Å²) in [6, 6.07) is 0. The second-order valence-corrected chi connectivity index (χ2v) is 5.36. The summed E-state index contributed by atoms with van der Waals surface area (Å²) in [5.41, 5.74) is 5.46. The van der Waals surface area contributed by atoms with Crippen LogP contribution in [0.5, 0.6) is 0 Å². The summed E-state index contributed by atoms with van der Waals surface area (Å²) in [4.78, 5) is 15.7. The number of carbonyl (C=O) groups excluding carboxylic acids is 1. The number of halogens is 3. The lowest BCUT2D eigenvalue weighted by atomic mass is 10.3. The molecule has 21 heavy (non-hydrogen) atoms. The van der Waals surface area contributed by atoms with Crippen molar-refractivity contribution in [1.82, 2.24) is 15.1 Å². The minimum Gasteiger partial charge on any atom is -0.346 e. The molecule has 1 saturated heterocycles. The molecule has 1 amide bonds. The van der Waals surface area contributed by atoms with Crippen LogP contribution in [0.2, 0.25) is 0 Å². The van der Waals surface area contributed by atoms with Gasteiger partial charge in [-0.15, -0.1) is 0 Å². The smallest absolute Gasteiger partial charge is 0.346 e. The summed E-state index contributed by atoms with van der Waals surface area (Å²) >= 11 is 0. The Balaban J connectivity index is 2.23. The Morgan fingerprint density at radius 3 is 2.43 bits per heavy atom. The van der Waals surface area contributed by atoms with E-state index in [1.807, 2.05) is 10.2 Å². The van der Waals surface area contributed by atoms with Crippen LogP contribution >= 0.6 is 0 Å². The number of hydrogen-bond donors (Lipinski definition) is 2. The van der Waals surface area contributed by atoms with Crippen LogP contribution in [-0.2, 0) is 4.79 Å². The molecule has 0 unspecified atom stereocenters. The van der Waals surface area contributed by atoms with E-state index in [0.717, 1.165) is 45.4 Å². The first kappa shape index (κ1) is 18.2. The van der Waals surface area contributed by atoms with Crippen LogP contribution in [0.3, 0.4) is 0 Å². The first-order valence-corrected chi connectivity index (χ1v) is 7.39. The normalized spacial score (nSPS) is 18.5. The molecule has 0 aromatic heterocycles. The SMILES string of the molecule is NCCCCN1CCCN(CC(=O)NCC(F)(F)F)CC1. The van der Waals surface area contributed by atoms with Gasteiger partial charge in [-0.3, -0.25) is 9.69 Å². The van der Waals surface area contributed by atoms with Gasteiger partial charge in [-0.2, -0.15) is 13.2 Å². The van der Waals surface area contributed by atoms with Crippen molar-refractivity contribution in [2.24, 2.45) is 5.73 Å². The van der Waals surface area contributed by atoms with Crippen molar-refractivity contribution in [3.63, 3.8) is 0 Å². The molecule has 0 spiro atoms. The second kappa shape index (κ2) is 9.22. The third-order valence-electron chi connectivity index (χ3n) is 3.46. The van der Waals surface area contributed by atoms with Gasteiger partial charge in [0.15, 0.2) is 0 Å². The summed E-state index contributed by atoms with van der Waals surface area (Å²) in [5, 5.41) is 1.91. The fourth-order valence-electron chi connectivity index (χ4n) is 2.34. The summed E-state index contributed by atoms with van der Waals surface area (Å²) in [5.74, 6) is -0.566. The summed E-state index contributed by atoms with van der Waals surface area (Å²) in [6.45, 7) is 3.72.